The molecule has 1 aromatic rings. The van der Waals surface area contributed by atoms with Gasteiger partial charge in [-0.25, -0.2) is 0 Å². The lowest BCUT2D eigenvalue weighted by Gasteiger charge is -2.02. The Kier molecular flexibility index (Phi) is 3.85. The van der Waals surface area contributed by atoms with Gasteiger partial charge in [-0.15, -0.1) is 5.10 Å². The maximum atomic E-state index is 5.22. The van der Waals surface area contributed by atoms with Gasteiger partial charge in [0.05, 0.1) is 5.71 Å². The number of guanidine groups is 1. The first kappa shape index (κ1) is 11.2. The third-order valence-electron chi connectivity index (χ3n) is 2.01. The van der Waals surface area contributed by atoms with Crippen LogP contribution < -0.4 is 11.5 Å². The first-order chi connectivity index (χ1) is 7.13. The summed E-state index contributed by atoms with van der Waals surface area (Å²) < 4.78 is 0. The highest BCUT2D eigenvalue weighted by Crippen LogP contribution is 2.07. The highest BCUT2D eigenvalue weighted by molar-refractivity contribution is 6.00. The second kappa shape index (κ2) is 5.14. The summed E-state index contributed by atoms with van der Waals surface area (Å²) in [4.78, 5) is 0. The summed E-state index contributed by atoms with van der Waals surface area (Å²) in [5.74, 6) is -0.0203. The van der Waals surface area contributed by atoms with Gasteiger partial charge in [-0.3, -0.25) is 0 Å². The van der Waals surface area contributed by atoms with Crippen molar-refractivity contribution >= 4 is 11.7 Å². The topological polar surface area (TPSA) is 76.8 Å². The van der Waals surface area contributed by atoms with Crippen molar-refractivity contribution in [3.05, 3.63) is 35.4 Å². The van der Waals surface area contributed by atoms with Crippen LogP contribution in [0.3, 0.4) is 0 Å². The highest BCUT2D eigenvalue weighted by Gasteiger charge is 1.99. The lowest BCUT2D eigenvalue weighted by atomic mass is 10.1. The third-order valence-corrected chi connectivity index (χ3v) is 2.01. The average Bonchev–Trinajstić information content (AvgIpc) is 2.21. The van der Waals surface area contributed by atoms with Gasteiger partial charge in [-0.1, -0.05) is 36.8 Å². The number of benzene rings is 1. The second-order valence-electron chi connectivity index (χ2n) is 3.29. The van der Waals surface area contributed by atoms with E-state index in [1.807, 2.05) is 38.1 Å². The van der Waals surface area contributed by atoms with Crippen LogP contribution in [-0.2, 0) is 0 Å². The highest BCUT2D eigenvalue weighted by atomic mass is 15.3. The van der Waals surface area contributed by atoms with Gasteiger partial charge in [0.1, 0.15) is 0 Å². The van der Waals surface area contributed by atoms with Crippen molar-refractivity contribution in [3.63, 3.8) is 0 Å². The van der Waals surface area contributed by atoms with Crippen molar-refractivity contribution in [2.45, 2.75) is 20.3 Å². The number of hydrogen-bond acceptors (Lipinski definition) is 2. The Morgan fingerprint density at radius 1 is 1.13 bits per heavy atom. The fourth-order valence-corrected chi connectivity index (χ4v) is 1.20. The van der Waals surface area contributed by atoms with Crippen LogP contribution >= 0.6 is 0 Å². The van der Waals surface area contributed by atoms with Crippen LogP contribution in [0.2, 0.25) is 0 Å². The number of aryl methyl sites for hydroxylation is 1. The van der Waals surface area contributed by atoms with E-state index in [1.54, 1.807) is 0 Å². The van der Waals surface area contributed by atoms with E-state index in [2.05, 4.69) is 10.2 Å². The van der Waals surface area contributed by atoms with Crippen LogP contribution in [0.1, 0.15) is 24.5 Å². The third kappa shape index (κ3) is 3.42. The molecule has 0 aliphatic carbocycles. The van der Waals surface area contributed by atoms with E-state index in [0.29, 0.717) is 0 Å². The quantitative estimate of drug-likeness (QED) is 0.443. The Bertz CT molecular complexity index is 372. The molecule has 0 atom stereocenters. The molecule has 1 rings (SSSR count). The molecule has 1 aromatic carbocycles. The van der Waals surface area contributed by atoms with Crippen LogP contribution in [0, 0.1) is 6.92 Å². The van der Waals surface area contributed by atoms with Crippen molar-refractivity contribution in [2.24, 2.45) is 21.7 Å². The minimum absolute atomic E-state index is 0.0203. The van der Waals surface area contributed by atoms with Gasteiger partial charge >= 0.3 is 0 Å². The van der Waals surface area contributed by atoms with Crippen LogP contribution in [0.5, 0.6) is 0 Å². The molecule has 0 amide bonds. The van der Waals surface area contributed by atoms with Gasteiger partial charge in [-0.2, -0.15) is 5.10 Å². The zero-order chi connectivity index (χ0) is 11.3. The van der Waals surface area contributed by atoms with Gasteiger partial charge in [0.2, 0.25) is 5.96 Å². The molecule has 0 fully saturated rings. The Hall–Kier alpha value is -1.84. The second-order valence-corrected chi connectivity index (χ2v) is 3.29. The summed E-state index contributed by atoms with van der Waals surface area (Å²) in [5, 5.41) is 7.65. The lowest BCUT2D eigenvalue weighted by molar-refractivity contribution is 1.15. The summed E-state index contributed by atoms with van der Waals surface area (Å²) in [5.41, 5.74) is 13.6. The van der Waals surface area contributed by atoms with E-state index in [-0.39, 0.29) is 5.96 Å². The van der Waals surface area contributed by atoms with Gasteiger partial charge in [-0.05, 0) is 18.9 Å². The fourth-order valence-electron chi connectivity index (χ4n) is 1.20. The largest absolute Gasteiger partial charge is 0.369 e. The van der Waals surface area contributed by atoms with Crippen LogP contribution in [0.25, 0.3) is 0 Å². The molecule has 15 heavy (non-hydrogen) atoms. The normalized spacial score (nSPS) is 11.2. The van der Waals surface area contributed by atoms with Crippen LogP contribution in [0.15, 0.2) is 34.5 Å². The maximum Gasteiger partial charge on any atom is 0.211 e. The molecule has 0 spiro atoms. The molecule has 0 saturated heterocycles. The summed E-state index contributed by atoms with van der Waals surface area (Å²) in [6, 6.07) is 8.10. The predicted molar refractivity (Wildman–Crippen MR) is 63.8 cm³/mol. The van der Waals surface area contributed by atoms with E-state index in [1.165, 1.54) is 5.56 Å². The van der Waals surface area contributed by atoms with E-state index >= 15 is 0 Å². The smallest absolute Gasteiger partial charge is 0.211 e. The molecule has 80 valence electrons. The monoisotopic (exact) mass is 204 g/mol. The molecule has 0 aliphatic heterocycles. The molecule has 0 unspecified atom stereocenters. The Morgan fingerprint density at radius 2 is 1.73 bits per heavy atom. The standard InChI is InChI=1S/C11H16N4/c1-3-10(14-15-11(12)13)9-6-4-8(2)5-7-9/h4-7H,3H2,1-2H3,(H4,12,13,15)/b14-10+. The van der Waals surface area contributed by atoms with E-state index in [4.69, 9.17) is 11.5 Å². The molecule has 0 saturated carbocycles. The van der Waals surface area contributed by atoms with E-state index in [9.17, 15) is 0 Å². The summed E-state index contributed by atoms with van der Waals surface area (Å²) >= 11 is 0. The predicted octanol–water partition coefficient (Wildman–Crippen LogP) is 1.38. The average molecular weight is 204 g/mol. The first-order valence-electron chi connectivity index (χ1n) is 4.86. The van der Waals surface area contributed by atoms with Crippen LogP contribution in [-0.4, -0.2) is 11.7 Å². The van der Waals surface area contributed by atoms with Crippen molar-refractivity contribution in [1.82, 2.24) is 0 Å². The molecular weight excluding hydrogens is 188 g/mol. The molecule has 4 nitrogen and oxygen atoms in total. The molecule has 0 heterocycles. The van der Waals surface area contributed by atoms with Gasteiger partial charge in [0, 0.05) is 0 Å². The van der Waals surface area contributed by atoms with Crippen LogP contribution in [0.4, 0.5) is 0 Å². The molecule has 4 N–H and O–H groups in total. The number of nitrogens with two attached hydrogens (primary N) is 2. The summed E-state index contributed by atoms with van der Waals surface area (Å²) in [7, 11) is 0. The van der Waals surface area contributed by atoms with Crippen molar-refractivity contribution < 1.29 is 0 Å². The number of rotatable bonds is 3. The molecule has 0 bridgehead atoms. The zero-order valence-electron chi connectivity index (χ0n) is 9.07. The minimum Gasteiger partial charge on any atom is -0.369 e. The molecule has 0 aromatic heterocycles. The maximum absolute atomic E-state index is 5.22. The number of nitrogens with zero attached hydrogens (tertiary/aromatic N) is 2. The Balaban J connectivity index is 2.97. The molecule has 0 radical (unpaired) electrons. The zero-order valence-corrected chi connectivity index (χ0v) is 9.07. The lowest BCUT2D eigenvalue weighted by Crippen LogP contribution is -2.22. The number of hydrogen-bond donors (Lipinski definition) is 2. The molecule has 0 aliphatic rings. The van der Waals surface area contributed by atoms with Crippen molar-refractivity contribution in [1.29, 1.82) is 0 Å². The van der Waals surface area contributed by atoms with Gasteiger partial charge in [0.25, 0.3) is 0 Å². The minimum atomic E-state index is -0.0203. The van der Waals surface area contributed by atoms with Gasteiger partial charge < -0.3 is 11.5 Å². The van der Waals surface area contributed by atoms with Gasteiger partial charge in [0.15, 0.2) is 0 Å². The van der Waals surface area contributed by atoms with Crippen molar-refractivity contribution in [3.8, 4) is 0 Å². The molecule has 4 heteroatoms. The summed E-state index contributed by atoms with van der Waals surface area (Å²) in [6.07, 6.45) is 0.792. The van der Waals surface area contributed by atoms with Crippen molar-refractivity contribution in [2.75, 3.05) is 0 Å². The summed E-state index contributed by atoms with van der Waals surface area (Å²) in [6.45, 7) is 4.06. The fraction of sp³-hybridized carbons (Fsp3) is 0.273. The van der Waals surface area contributed by atoms with E-state index < -0.39 is 0 Å². The van der Waals surface area contributed by atoms with E-state index in [0.717, 1.165) is 17.7 Å². The first-order valence-corrected chi connectivity index (χ1v) is 4.86. The Labute approximate surface area is 89.7 Å². The Morgan fingerprint density at radius 3 is 2.20 bits per heavy atom. The SMILES string of the molecule is CC/C(=N\N=C(N)N)c1ccc(C)cc1. The molecular formula is C11H16N4.